The summed E-state index contributed by atoms with van der Waals surface area (Å²) in [6, 6.07) is 20.0. The summed E-state index contributed by atoms with van der Waals surface area (Å²) < 4.78 is 6.25. The van der Waals surface area contributed by atoms with Crippen LogP contribution in [0, 0.1) is 179 Å². The first-order chi connectivity index (χ1) is 37.0. The smallest absolute Gasteiger partial charge is 0.306 e. The standard InChI is InChI=1S/C74H86O2/c1-9-31(3)19-32(4)47-17-16-37-13-11-12-14-48(37)59(47)50-33(5)20-46(21-34(50)6)73(35(7)15-18-49(75)76-36(8)10-2)72-29-44-27-42-25-40-23-38-22-39-24-41-26-43-28-45(30-72)58-54(43)63-56(41)61-52(39)51(38)60-55(40)62-53(42)57(44)70-68-66(62)64(60)65(61)67(63)69(68)71(58)74(70,72)73/h11-14,16-17,20-21,27,30-32,35-36,38-41,43-44,51-58,60-67,69,71H,9-10,15,18-19,22-26,28-29H2,1-8H3. The molecule has 0 radical (unpaired) electrons. The second-order valence-electron chi connectivity index (χ2n) is 32.1. The molecule has 3 aromatic carbocycles. The Morgan fingerprint density at radius 2 is 1.32 bits per heavy atom. The van der Waals surface area contributed by atoms with Crippen LogP contribution in [-0.4, -0.2) is 12.1 Å². The second-order valence-corrected chi connectivity index (χ2v) is 32.1. The molecule has 31 unspecified atom stereocenters. The number of esters is 1. The van der Waals surface area contributed by atoms with Crippen LogP contribution in [0.3, 0.4) is 0 Å². The molecule has 13 fully saturated rings. The Balaban J connectivity index is 0.857. The van der Waals surface area contributed by atoms with E-state index in [0.29, 0.717) is 30.1 Å². The molecular weight excluding hydrogens is 921 g/mol. The van der Waals surface area contributed by atoms with Gasteiger partial charge in [-0.3, -0.25) is 4.79 Å². The summed E-state index contributed by atoms with van der Waals surface area (Å²) in [6.07, 6.45) is 21.9. The lowest BCUT2D eigenvalue weighted by atomic mass is 9.44. The topological polar surface area (TPSA) is 26.3 Å². The van der Waals surface area contributed by atoms with Gasteiger partial charge in [0, 0.05) is 22.7 Å². The van der Waals surface area contributed by atoms with Crippen LogP contribution in [0.15, 0.2) is 83.0 Å². The molecule has 31 atom stereocenters. The molecule has 76 heavy (non-hydrogen) atoms. The van der Waals surface area contributed by atoms with Crippen LogP contribution < -0.4 is 0 Å². The third kappa shape index (κ3) is 4.35. The molecule has 2 nitrogen and oxygen atoms in total. The lowest BCUT2D eigenvalue weighted by Crippen LogP contribution is -2.56. The van der Waals surface area contributed by atoms with Gasteiger partial charge in [0.15, 0.2) is 0 Å². The summed E-state index contributed by atoms with van der Waals surface area (Å²) in [6.45, 7) is 19.5. The number of fused-ring (bicyclic) bond motifs is 1. The van der Waals surface area contributed by atoms with Crippen LogP contribution in [0.2, 0.25) is 0 Å². The van der Waals surface area contributed by atoms with Crippen molar-refractivity contribution in [2.45, 2.75) is 150 Å². The predicted molar refractivity (Wildman–Crippen MR) is 301 cm³/mol. The first kappa shape index (κ1) is 44.4. The molecule has 13 saturated carbocycles. The predicted octanol–water partition coefficient (Wildman–Crippen LogP) is 16.5. The van der Waals surface area contributed by atoms with Gasteiger partial charge in [0.2, 0.25) is 0 Å². The van der Waals surface area contributed by atoms with Crippen LogP contribution >= 0.6 is 0 Å². The number of carbonyl (C=O) groups is 1. The Hall–Kier alpha value is -3.39. The summed E-state index contributed by atoms with van der Waals surface area (Å²) in [7, 11) is 0. The van der Waals surface area contributed by atoms with Crippen LogP contribution in [-0.2, 0) is 14.9 Å². The number of benzene rings is 3. The van der Waals surface area contributed by atoms with Gasteiger partial charge in [-0.2, -0.15) is 0 Å². The van der Waals surface area contributed by atoms with E-state index < -0.39 is 0 Å². The zero-order valence-corrected chi connectivity index (χ0v) is 47.2. The molecule has 2 heteroatoms. The minimum Gasteiger partial charge on any atom is -0.463 e. The van der Waals surface area contributed by atoms with Crippen molar-refractivity contribution in [3.05, 3.63) is 105 Å². The molecule has 0 heterocycles. The minimum absolute atomic E-state index is 0.0197. The fraction of sp³-hybridized carbons (Fsp3) is 0.689. The first-order valence-corrected chi connectivity index (χ1v) is 33.0. The van der Waals surface area contributed by atoms with Gasteiger partial charge >= 0.3 is 5.97 Å². The maximum absolute atomic E-state index is 14.2. The van der Waals surface area contributed by atoms with Gasteiger partial charge in [-0.15, -0.1) is 0 Å². The Kier molecular flexibility index (Phi) is 8.08. The summed E-state index contributed by atoms with van der Waals surface area (Å²) in [5, 5.41) is 2.79. The lowest BCUT2D eigenvalue weighted by molar-refractivity contribution is -0.148. The molecule has 0 bridgehead atoms. The largest absolute Gasteiger partial charge is 0.463 e. The van der Waals surface area contributed by atoms with Gasteiger partial charge < -0.3 is 4.74 Å². The van der Waals surface area contributed by atoms with Gasteiger partial charge in [-0.25, -0.2) is 0 Å². The van der Waals surface area contributed by atoms with Crippen molar-refractivity contribution in [3.8, 4) is 11.1 Å². The number of ether oxygens (including phenoxy) is 1. The summed E-state index contributed by atoms with van der Waals surface area (Å²) in [5.41, 5.74) is 18.0. The normalized spacial score (nSPS) is 53.3. The Morgan fingerprint density at radius 3 is 2.08 bits per heavy atom. The second kappa shape index (κ2) is 13.8. The maximum atomic E-state index is 14.2. The average Bonchev–Trinajstić information content (AvgIpc) is 3.02. The number of hydrogen-bond acceptors (Lipinski definition) is 2. The fourth-order valence-electron chi connectivity index (χ4n) is 30.6. The molecule has 0 saturated heterocycles. The van der Waals surface area contributed by atoms with E-state index in [0.717, 1.165) is 149 Å². The molecular formula is C74H86O2. The molecule has 3 aromatic rings. The van der Waals surface area contributed by atoms with Crippen LogP contribution in [0.25, 0.3) is 21.9 Å². The third-order valence-corrected chi connectivity index (χ3v) is 30.8. The van der Waals surface area contributed by atoms with Crippen molar-refractivity contribution in [1.29, 1.82) is 0 Å². The first-order valence-electron chi connectivity index (χ1n) is 33.0. The lowest BCUT2D eigenvalue weighted by Gasteiger charge is -2.60. The summed E-state index contributed by atoms with van der Waals surface area (Å²) in [4.78, 5) is 14.2. The van der Waals surface area contributed by atoms with Crippen LogP contribution in [0.5, 0.6) is 0 Å². The van der Waals surface area contributed by atoms with E-state index in [2.05, 4.69) is 127 Å². The van der Waals surface area contributed by atoms with E-state index >= 15 is 0 Å². The fourth-order valence-corrected chi connectivity index (χ4v) is 30.6. The van der Waals surface area contributed by atoms with E-state index in [-0.39, 0.29) is 28.3 Å². The minimum atomic E-state index is -0.0334. The SMILES string of the molecule is CCC(C)CC(C)c1ccc2ccccc2c1-c1c(C)cc(C2(C(C)CCC(=O)OC(C)CC)C34C=C5CC6CC7CC8CC9CC%10CC%11=CC(C3)C3C%12=C%13C%14C(C%113)C%10C3C9C8C8C7C7C6C5C(C%13C7C8C%143)C%1242)cc1C. The number of allylic oxidation sites excluding steroid dienone is 6. The highest BCUT2D eigenvalue weighted by Crippen LogP contribution is 3.02. The number of rotatable bonds is 12. The van der Waals surface area contributed by atoms with Crippen molar-refractivity contribution in [2.75, 3.05) is 0 Å². The number of hydrogen-bond donors (Lipinski definition) is 0. The summed E-state index contributed by atoms with van der Waals surface area (Å²) in [5.74, 6) is 24.6. The zero-order chi connectivity index (χ0) is 50.4. The van der Waals surface area contributed by atoms with Gasteiger partial charge in [0.25, 0.3) is 0 Å². The van der Waals surface area contributed by atoms with Crippen molar-refractivity contribution in [3.63, 3.8) is 0 Å². The quantitative estimate of drug-likeness (QED) is 0.133. The third-order valence-electron chi connectivity index (χ3n) is 30.8. The molecule has 0 N–H and O–H groups in total. The van der Waals surface area contributed by atoms with Gasteiger partial charge in [0.05, 0.1) is 6.10 Å². The summed E-state index contributed by atoms with van der Waals surface area (Å²) >= 11 is 0. The average molecular weight is 1010 g/mol. The van der Waals surface area contributed by atoms with Crippen molar-refractivity contribution < 1.29 is 9.53 Å². The van der Waals surface area contributed by atoms with E-state index in [1.54, 1.807) is 36.8 Å². The number of carbonyl (C=O) groups excluding carboxylic acids is 1. The maximum Gasteiger partial charge on any atom is 0.306 e. The van der Waals surface area contributed by atoms with Crippen molar-refractivity contribution in [1.82, 2.24) is 0 Å². The van der Waals surface area contributed by atoms with Gasteiger partial charge in [0.1, 0.15) is 0 Å². The van der Waals surface area contributed by atoms with Crippen LogP contribution in [0.1, 0.15) is 147 Å². The Morgan fingerprint density at radius 1 is 0.658 bits per heavy atom. The number of aryl methyl sites for hydroxylation is 2. The van der Waals surface area contributed by atoms with Crippen molar-refractivity contribution in [2.24, 2.45) is 165 Å². The highest BCUT2D eigenvalue weighted by Gasteiger charge is 2.99. The van der Waals surface area contributed by atoms with E-state index in [1.165, 1.54) is 65.1 Å². The van der Waals surface area contributed by atoms with Gasteiger partial charge in [-0.05, 0) is 289 Å². The molecule has 17 aliphatic rings. The molecule has 1 spiro atoms. The van der Waals surface area contributed by atoms with E-state index in [1.807, 2.05) is 11.1 Å². The highest BCUT2D eigenvalue weighted by molar-refractivity contribution is 6.00. The highest BCUT2D eigenvalue weighted by atomic mass is 16.5. The molecule has 0 aromatic heterocycles. The van der Waals surface area contributed by atoms with Crippen molar-refractivity contribution >= 4 is 16.7 Å². The molecule has 0 amide bonds. The van der Waals surface area contributed by atoms with E-state index in [9.17, 15) is 4.79 Å². The van der Waals surface area contributed by atoms with Gasteiger partial charge in [-0.1, -0.05) is 124 Å². The zero-order valence-electron chi connectivity index (χ0n) is 47.2. The Bertz CT molecular complexity index is 3290. The molecule has 394 valence electrons. The Labute approximate surface area is 454 Å². The molecule has 17 aliphatic carbocycles. The molecule has 20 rings (SSSR count). The van der Waals surface area contributed by atoms with E-state index in [4.69, 9.17) is 4.74 Å². The monoisotopic (exact) mass is 1010 g/mol. The van der Waals surface area contributed by atoms with Crippen LogP contribution in [0.4, 0.5) is 0 Å². The molecule has 0 aliphatic heterocycles.